The van der Waals surface area contributed by atoms with Gasteiger partial charge in [0.1, 0.15) is 0 Å². The summed E-state index contributed by atoms with van der Waals surface area (Å²) in [6.45, 7) is 2.27. The maximum Gasteiger partial charge on any atom is 0.194 e. The Balaban J connectivity index is 1.36. The molecule has 29 heavy (non-hydrogen) atoms. The van der Waals surface area contributed by atoms with Crippen LogP contribution < -0.4 is 0 Å². The fourth-order valence-corrected chi connectivity index (χ4v) is 5.90. The molecule has 2 aliphatic carbocycles. The van der Waals surface area contributed by atoms with E-state index in [9.17, 15) is 13.2 Å². The first-order valence-electron chi connectivity index (χ1n) is 12.2. The molecule has 1 aromatic rings. The molecule has 0 heterocycles. The van der Waals surface area contributed by atoms with Crippen LogP contribution in [0, 0.1) is 35.2 Å². The standard InChI is InChI=1S/C26H39F3/c1-2-3-4-5-6-7-8-19-9-11-20(12-10-19)21-13-15-22(16-14-21)23-17-24(27)26(29)25(28)18-23/h17-22H,2-16H2,1H3. The number of hydrogen-bond donors (Lipinski definition) is 0. The fourth-order valence-electron chi connectivity index (χ4n) is 5.90. The number of rotatable bonds is 9. The molecule has 0 unspecified atom stereocenters. The summed E-state index contributed by atoms with van der Waals surface area (Å²) in [5, 5.41) is 0. The summed E-state index contributed by atoms with van der Waals surface area (Å²) in [7, 11) is 0. The lowest BCUT2D eigenvalue weighted by Crippen LogP contribution is -2.25. The highest BCUT2D eigenvalue weighted by molar-refractivity contribution is 5.23. The van der Waals surface area contributed by atoms with Gasteiger partial charge < -0.3 is 0 Å². The Morgan fingerprint density at radius 3 is 1.79 bits per heavy atom. The van der Waals surface area contributed by atoms with Crippen LogP contribution in [0.1, 0.15) is 115 Å². The van der Waals surface area contributed by atoms with Crippen molar-refractivity contribution >= 4 is 0 Å². The number of unbranched alkanes of at least 4 members (excludes halogenated alkanes) is 5. The molecule has 0 aromatic heterocycles. The molecular formula is C26H39F3. The van der Waals surface area contributed by atoms with Gasteiger partial charge in [-0.05, 0) is 79.9 Å². The molecule has 0 nitrogen and oxygen atoms in total. The Bertz CT molecular complexity index is 587. The maximum absolute atomic E-state index is 13.6. The van der Waals surface area contributed by atoms with Crippen LogP contribution >= 0.6 is 0 Å². The lowest BCUT2D eigenvalue weighted by Gasteiger charge is -2.38. The van der Waals surface area contributed by atoms with Crippen molar-refractivity contribution in [3.05, 3.63) is 35.1 Å². The molecular weight excluding hydrogens is 369 g/mol. The minimum atomic E-state index is -1.35. The highest BCUT2D eigenvalue weighted by atomic mass is 19.2. The smallest absolute Gasteiger partial charge is 0.194 e. The van der Waals surface area contributed by atoms with Gasteiger partial charge in [-0.1, -0.05) is 64.7 Å². The van der Waals surface area contributed by atoms with Gasteiger partial charge in [0.05, 0.1) is 0 Å². The van der Waals surface area contributed by atoms with Gasteiger partial charge in [-0.25, -0.2) is 13.2 Å². The van der Waals surface area contributed by atoms with E-state index in [-0.39, 0.29) is 5.92 Å². The van der Waals surface area contributed by atoms with Crippen LogP contribution in [0.2, 0.25) is 0 Å². The minimum absolute atomic E-state index is 0.180. The molecule has 0 spiro atoms. The predicted octanol–water partition coefficient (Wildman–Crippen LogP) is 8.93. The molecule has 0 saturated heterocycles. The van der Waals surface area contributed by atoms with Crippen molar-refractivity contribution in [2.75, 3.05) is 0 Å². The fraction of sp³-hybridized carbons (Fsp3) is 0.769. The van der Waals surface area contributed by atoms with Crippen LogP contribution in [0.25, 0.3) is 0 Å². The van der Waals surface area contributed by atoms with Crippen molar-refractivity contribution in [3.8, 4) is 0 Å². The monoisotopic (exact) mass is 408 g/mol. The molecule has 3 rings (SSSR count). The van der Waals surface area contributed by atoms with Gasteiger partial charge in [-0.3, -0.25) is 0 Å². The predicted molar refractivity (Wildman–Crippen MR) is 114 cm³/mol. The molecule has 164 valence electrons. The van der Waals surface area contributed by atoms with Gasteiger partial charge >= 0.3 is 0 Å². The highest BCUT2D eigenvalue weighted by Crippen LogP contribution is 2.44. The van der Waals surface area contributed by atoms with Gasteiger partial charge in [0, 0.05) is 0 Å². The summed E-state index contributed by atoms with van der Waals surface area (Å²) in [6.07, 6.45) is 19.6. The van der Waals surface area contributed by atoms with E-state index in [4.69, 9.17) is 0 Å². The van der Waals surface area contributed by atoms with Crippen molar-refractivity contribution < 1.29 is 13.2 Å². The lowest BCUT2D eigenvalue weighted by atomic mass is 9.68. The van der Waals surface area contributed by atoms with Gasteiger partial charge in [0.2, 0.25) is 0 Å². The SMILES string of the molecule is CCCCCCCCC1CCC(C2CCC(c3cc(F)c(F)c(F)c3)CC2)CC1. The normalized spacial score (nSPS) is 27.9. The summed E-state index contributed by atoms with van der Waals surface area (Å²) < 4.78 is 40.3. The van der Waals surface area contributed by atoms with E-state index < -0.39 is 17.5 Å². The van der Waals surface area contributed by atoms with E-state index in [1.165, 1.54) is 82.8 Å². The second-order valence-electron chi connectivity index (χ2n) is 9.75. The second-order valence-corrected chi connectivity index (χ2v) is 9.75. The summed E-state index contributed by atoms with van der Waals surface area (Å²) in [5.41, 5.74) is 0.641. The zero-order chi connectivity index (χ0) is 20.6. The van der Waals surface area contributed by atoms with Crippen LogP contribution in [-0.2, 0) is 0 Å². The van der Waals surface area contributed by atoms with E-state index in [0.29, 0.717) is 5.56 Å². The summed E-state index contributed by atoms with van der Waals surface area (Å²) in [6, 6.07) is 2.41. The van der Waals surface area contributed by atoms with Gasteiger partial charge in [0.15, 0.2) is 17.5 Å². The largest absolute Gasteiger partial charge is 0.204 e. The van der Waals surface area contributed by atoms with E-state index in [1.54, 1.807) is 0 Å². The Hall–Kier alpha value is -0.990. The van der Waals surface area contributed by atoms with Crippen molar-refractivity contribution in [1.29, 1.82) is 0 Å². The zero-order valence-corrected chi connectivity index (χ0v) is 18.2. The van der Waals surface area contributed by atoms with Crippen LogP contribution in [0.3, 0.4) is 0 Å². The van der Waals surface area contributed by atoms with Crippen molar-refractivity contribution in [2.45, 2.75) is 109 Å². The quantitative estimate of drug-likeness (QED) is 0.282. The molecule has 0 amide bonds. The third-order valence-electron chi connectivity index (χ3n) is 7.77. The third-order valence-corrected chi connectivity index (χ3v) is 7.77. The van der Waals surface area contributed by atoms with Gasteiger partial charge in [0.25, 0.3) is 0 Å². The second kappa shape index (κ2) is 11.4. The van der Waals surface area contributed by atoms with Crippen LogP contribution in [0.5, 0.6) is 0 Å². The van der Waals surface area contributed by atoms with Crippen molar-refractivity contribution in [3.63, 3.8) is 0 Å². The molecule has 2 saturated carbocycles. The van der Waals surface area contributed by atoms with Gasteiger partial charge in [-0.15, -0.1) is 0 Å². The van der Waals surface area contributed by atoms with Crippen LogP contribution in [0.15, 0.2) is 12.1 Å². The number of halogens is 3. The van der Waals surface area contributed by atoms with E-state index in [2.05, 4.69) is 6.92 Å². The molecule has 0 atom stereocenters. The van der Waals surface area contributed by atoms with Gasteiger partial charge in [-0.2, -0.15) is 0 Å². The lowest BCUT2D eigenvalue weighted by molar-refractivity contribution is 0.155. The first kappa shape index (κ1) is 22.7. The molecule has 2 fully saturated rings. The zero-order valence-electron chi connectivity index (χ0n) is 18.2. The maximum atomic E-state index is 13.6. The first-order valence-corrected chi connectivity index (χ1v) is 12.2. The molecule has 0 N–H and O–H groups in total. The number of hydrogen-bond acceptors (Lipinski definition) is 0. The summed E-state index contributed by atoms with van der Waals surface area (Å²) in [5.74, 6) is -0.703. The minimum Gasteiger partial charge on any atom is -0.204 e. The Morgan fingerprint density at radius 2 is 1.21 bits per heavy atom. The van der Waals surface area contributed by atoms with Crippen LogP contribution in [0.4, 0.5) is 13.2 Å². The van der Waals surface area contributed by atoms with Crippen LogP contribution in [-0.4, -0.2) is 0 Å². The molecule has 3 heteroatoms. The molecule has 0 aliphatic heterocycles. The molecule has 1 aromatic carbocycles. The van der Waals surface area contributed by atoms with Crippen molar-refractivity contribution in [1.82, 2.24) is 0 Å². The molecule has 0 radical (unpaired) electrons. The average Bonchev–Trinajstić information content (AvgIpc) is 2.75. The first-order chi connectivity index (χ1) is 14.1. The molecule has 0 bridgehead atoms. The van der Waals surface area contributed by atoms with E-state index in [1.807, 2.05) is 0 Å². The summed E-state index contributed by atoms with van der Waals surface area (Å²) >= 11 is 0. The average molecular weight is 409 g/mol. The topological polar surface area (TPSA) is 0 Å². The molecule has 2 aliphatic rings. The Labute approximate surface area is 175 Å². The summed E-state index contributed by atoms with van der Waals surface area (Å²) in [4.78, 5) is 0. The van der Waals surface area contributed by atoms with E-state index in [0.717, 1.165) is 43.4 Å². The Kier molecular flexibility index (Phi) is 8.93. The van der Waals surface area contributed by atoms with E-state index >= 15 is 0 Å². The highest BCUT2D eigenvalue weighted by Gasteiger charge is 2.31. The Morgan fingerprint density at radius 1 is 0.690 bits per heavy atom. The third kappa shape index (κ3) is 6.49. The van der Waals surface area contributed by atoms with Crippen molar-refractivity contribution in [2.24, 2.45) is 17.8 Å². The number of benzene rings is 1.